The number of nitrogens with one attached hydrogen (secondary N) is 1. The number of nitrogens with two attached hydrogens (primary N) is 1. The Morgan fingerprint density at radius 3 is 2.53 bits per heavy atom. The van der Waals surface area contributed by atoms with Gasteiger partial charge < -0.3 is 21.0 Å². The summed E-state index contributed by atoms with van der Waals surface area (Å²) in [6, 6.07) is 22.3. The zero-order valence-corrected chi connectivity index (χ0v) is 19.1. The Morgan fingerprint density at radius 2 is 1.76 bits per heavy atom. The first-order chi connectivity index (χ1) is 16.6. The summed E-state index contributed by atoms with van der Waals surface area (Å²) in [4.78, 5) is 15.5. The van der Waals surface area contributed by atoms with Crippen LogP contribution in [-0.2, 0) is 0 Å². The van der Waals surface area contributed by atoms with Crippen LogP contribution in [0.2, 0.25) is 0 Å². The minimum absolute atomic E-state index is 0.0790. The smallest absolute Gasteiger partial charge is 0.255 e. The molecular formula is C27H30N4O3. The third-order valence-electron chi connectivity index (χ3n) is 5.98. The van der Waals surface area contributed by atoms with E-state index in [0.717, 1.165) is 30.8 Å². The number of carbonyl (C=O) groups is 1. The number of carbonyl (C=O) groups excluding carboxylic acids is 1. The van der Waals surface area contributed by atoms with Crippen LogP contribution in [0.5, 0.6) is 5.75 Å². The lowest BCUT2D eigenvalue weighted by Crippen LogP contribution is -2.33. The molecular weight excluding hydrogens is 428 g/mol. The van der Waals surface area contributed by atoms with E-state index in [9.17, 15) is 10.0 Å². The van der Waals surface area contributed by atoms with Crippen LogP contribution in [0.4, 0.5) is 5.69 Å². The van der Waals surface area contributed by atoms with Crippen molar-refractivity contribution in [2.75, 3.05) is 31.6 Å². The molecule has 4 rings (SSSR count). The van der Waals surface area contributed by atoms with Crippen molar-refractivity contribution in [3.63, 3.8) is 0 Å². The highest BCUT2D eigenvalue weighted by Crippen LogP contribution is 2.26. The number of amidine groups is 1. The van der Waals surface area contributed by atoms with E-state index in [-0.39, 0.29) is 11.7 Å². The molecule has 0 atom stereocenters. The van der Waals surface area contributed by atoms with Gasteiger partial charge in [0, 0.05) is 17.7 Å². The number of piperidine rings is 1. The molecule has 0 bridgehead atoms. The van der Waals surface area contributed by atoms with Gasteiger partial charge in [0.1, 0.15) is 12.4 Å². The number of oxime groups is 1. The van der Waals surface area contributed by atoms with E-state index >= 15 is 0 Å². The van der Waals surface area contributed by atoms with Crippen molar-refractivity contribution >= 4 is 17.4 Å². The Morgan fingerprint density at radius 1 is 0.971 bits per heavy atom. The van der Waals surface area contributed by atoms with E-state index in [1.165, 1.54) is 19.3 Å². The summed E-state index contributed by atoms with van der Waals surface area (Å²) >= 11 is 0. The molecule has 1 fully saturated rings. The fourth-order valence-corrected chi connectivity index (χ4v) is 4.13. The van der Waals surface area contributed by atoms with Crippen LogP contribution in [0.3, 0.4) is 0 Å². The van der Waals surface area contributed by atoms with Gasteiger partial charge in [-0.2, -0.15) is 0 Å². The first-order valence-corrected chi connectivity index (χ1v) is 11.6. The molecule has 7 nitrogen and oxygen atoms in total. The lowest BCUT2D eigenvalue weighted by Gasteiger charge is -2.26. The quantitative estimate of drug-likeness (QED) is 0.199. The molecule has 1 saturated heterocycles. The van der Waals surface area contributed by atoms with Crippen molar-refractivity contribution in [2.45, 2.75) is 19.3 Å². The SMILES string of the molecule is N/C(=N\O)c1ccc(-c2ccccc2)cc1NC(=O)c1cccc(OCCN2CCCCC2)c1. The van der Waals surface area contributed by atoms with Gasteiger partial charge in [0.05, 0.1) is 5.69 Å². The Kier molecular flexibility index (Phi) is 7.78. The number of rotatable bonds is 8. The third kappa shape index (κ3) is 5.94. The van der Waals surface area contributed by atoms with Crippen LogP contribution in [-0.4, -0.2) is 48.1 Å². The molecule has 1 aliphatic heterocycles. The second kappa shape index (κ2) is 11.3. The summed E-state index contributed by atoms with van der Waals surface area (Å²) < 4.78 is 5.91. The second-order valence-corrected chi connectivity index (χ2v) is 8.34. The third-order valence-corrected chi connectivity index (χ3v) is 5.98. The molecule has 1 aliphatic rings. The summed E-state index contributed by atoms with van der Waals surface area (Å²) in [5.74, 6) is 0.266. The van der Waals surface area contributed by atoms with Gasteiger partial charge in [-0.05, 0) is 67.4 Å². The van der Waals surface area contributed by atoms with Gasteiger partial charge in [0.15, 0.2) is 5.84 Å². The minimum atomic E-state index is -0.307. The predicted molar refractivity (Wildman–Crippen MR) is 135 cm³/mol. The van der Waals surface area contributed by atoms with Gasteiger partial charge in [-0.25, -0.2) is 0 Å². The summed E-state index contributed by atoms with van der Waals surface area (Å²) in [5.41, 5.74) is 9.12. The number of ether oxygens (including phenoxy) is 1. The number of anilines is 1. The molecule has 4 N–H and O–H groups in total. The van der Waals surface area contributed by atoms with Crippen LogP contribution < -0.4 is 15.8 Å². The van der Waals surface area contributed by atoms with Gasteiger partial charge in [0.25, 0.3) is 5.91 Å². The maximum atomic E-state index is 13.1. The first-order valence-electron chi connectivity index (χ1n) is 11.6. The van der Waals surface area contributed by atoms with Gasteiger partial charge in [-0.15, -0.1) is 0 Å². The van der Waals surface area contributed by atoms with Crippen molar-refractivity contribution < 1.29 is 14.7 Å². The molecule has 0 unspecified atom stereocenters. The van der Waals surface area contributed by atoms with Crippen LogP contribution in [0.25, 0.3) is 11.1 Å². The summed E-state index contributed by atoms with van der Waals surface area (Å²) in [5, 5.41) is 15.2. The monoisotopic (exact) mass is 458 g/mol. The molecule has 0 saturated carbocycles. The molecule has 3 aromatic rings. The zero-order valence-electron chi connectivity index (χ0n) is 19.1. The fourth-order valence-electron chi connectivity index (χ4n) is 4.13. The highest BCUT2D eigenvalue weighted by Gasteiger charge is 2.15. The van der Waals surface area contributed by atoms with Crippen molar-refractivity contribution in [3.05, 3.63) is 83.9 Å². The molecule has 3 aromatic carbocycles. The van der Waals surface area contributed by atoms with Crippen LogP contribution in [0, 0.1) is 0 Å². The normalized spacial score (nSPS) is 14.5. The number of nitrogens with zero attached hydrogens (tertiary/aromatic N) is 2. The Bertz CT molecular complexity index is 1140. The van der Waals surface area contributed by atoms with Crippen molar-refractivity contribution in [2.24, 2.45) is 10.9 Å². The van der Waals surface area contributed by atoms with Crippen molar-refractivity contribution in [1.82, 2.24) is 4.90 Å². The molecule has 0 spiro atoms. The Balaban J connectivity index is 1.48. The van der Waals surface area contributed by atoms with Gasteiger partial charge >= 0.3 is 0 Å². The van der Waals surface area contributed by atoms with E-state index < -0.39 is 0 Å². The number of hydrogen-bond donors (Lipinski definition) is 3. The lowest BCUT2D eigenvalue weighted by atomic mass is 10.0. The fraction of sp³-hybridized carbons (Fsp3) is 0.259. The number of benzene rings is 3. The summed E-state index contributed by atoms with van der Waals surface area (Å²) in [7, 11) is 0. The summed E-state index contributed by atoms with van der Waals surface area (Å²) in [6.07, 6.45) is 3.80. The first kappa shape index (κ1) is 23.3. The second-order valence-electron chi connectivity index (χ2n) is 8.34. The van der Waals surface area contributed by atoms with Gasteiger partial charge in [0.2, 0.25) is 0 Å². The average Bonchev–Trinajstić information content (AvgIpc) is 2.89. The van der Waals surface area contributed by atoms with E-state index in [1.807, 2.05) is 48.5 Å². The van der Waals surface area contributed by atoms with E-state index in [1.54, 1.807) is 24.3 Å². The number of amides is 1. The van der Waals surface area contributed by atoms with Crippen LogP contribution in [0.1, 0.15) is 35.2 Å². The number of likely N-dealkylation sites (tertiary alicyclic amines) is 1. The molecule has 0 aromatic heterocycles. The molecule has 0 radical (unpaired) electrons. The Hall–Kier alpha value is -3.84. The van der Waals surface area contributed by atoms with Gasteiger partial charge in [-0.3, -0.25) is 9.69 Å². The standard InChI is InChI=1S/C27H30N4O3/c28-26(30-33)24-13-12-21(20-8-3-1-4-9-20)19-25(24)29-27(32)22-10-7-11-23(18-22)34-17-16-31-14-5-2-6-15-31/h1,3-4,7-13,18-19,33H,2,5-6,14-17H2,(H2,28,30)(H,29,32). The maximum Gasteiger partial charge on any atom is 0.255 e. The molecule has 0 aliphatic carbocycles. The predicted octanol–water partition coefficient (Wildman–Crippen LogP) is 4.57. The number of hydrogen-bond acceptors (Lipinski definition) is 5. The van der Waals surface area contributed by atoms with E-state index in [4.69, 9.17) is 10.5 Å². The maximum absolute atomic E-state index is 13.1. The molecule has 1 heterocycles. The average molecular weight is 459 g/mol. The van der Waals surface area contributed by atoms with Crippen LogP contribution in [0.15, 0.2) is 78.0 Å². The molecule has 7 heteroatoms. The van der Waals surface area contributed by atoms with E-state index in [0.29, 0.717) is 29.2 Å². The molecule has 34 heavy (non-hydrogen) atoms. The molecule has 1 amide bonds. The minimum Gasteiger partial charge on any atom is -0.492 e. The zero-order chi connectivity index (χ0) is 23.8. The lowest BCUT2D eigenvalue weighted by molar-refractivity contribution is 0.102. The Labute approximate surface area is 199 Å². The van der Waals surface area contributed by atoms with Crippen molar-refractivity contribution in [1.29, 1.82) is 0 Å². The largest absolute Gasteiger partial charge is 0.492 e. The highest BCUT2D eigenvalue weighted by atomic mass is 16.5. The van der Waals surface area contributed by atoms with E-state index in [2.05, 4.69) is 15.4 Å². The van der Waals surface area contributed by atoms with Crippen LogP contribution >= 0.6 is 0 Å². The highest BCUT2D eigenvalue weighted by molar-refractivity contribution is 6.10. The molecule has 176 valence electrons. The topological polar surface area (TPSA) is 100 Å². The van der Waals surface area contributed by atoms with Crippen molar-refractivity contribution in [3.8, 4) is 16.9 Å². The summed E-state index contributed by atoms with van der Waals surface area (Å²) in [6.45, 7) is 3.70. The van der Waals surface area contributed by atoms with Gasteiger partial charge in [-0.1, -0.05) is 54.0 Å².